The standard InChI is InChI=1S/C5H4NO.BH3/c7-5-3-1-2-4-6-5;/h1-4H;1H3. The van der Waals surface area contributed by atoms with Crippen LogP contribution in [0, 0.1) is 0 Å². The Morgan fingerprint density at radius 1 is 1.38 bits per heavy atom. The molecule has 0 aliphatic carbocycles. The van der Waals surface area contributed by atoms with Crippen LogP contribution in [0.3, 0.4) is 0 Å². The number of pyridine rings is 1. The summed E-state index contributed by atoms with van der Waals surface area (Å²) in [6, 6.07) is 4.79. The Labute approximate surface area is 49.8 Å². The summed E-state index contributed by atoms with van der Waals surface area (Å²) >= 11 is 0. The lowest BCUT2D eigenvalue weighted by atomic mass is 10.5. The van der Waals surface area contributed by atoms with Crippen molar-refractivity contribution in [1.29, 1.82) is 0 Å². The van der Waals surface area contributed by atoms with Crippen molar-refractivity contribution in [2.75, 3.05) is 0 Å². The maximum atomic E-state index is 10.2. The van der Waals surface area contributed by atoms with E-state index in [-0.39, 0.29) is 14.3 Å². The van der Waals surface area contributed by atoms with Gasteiger partial charge in [-0.15, -0.1) is 0 Å². The maximum Gasteiger partial charge on any atom is 0.269 e. The summed E-state index contributed by atoms with van der Waals surface area (Å²) < 4.78 is 0. The number of hydrogen-bond donors (Lipinski definition) is 0. The van der Waals surface area contributed by atoms with E-state index in [0.29, 0.717) is 0 Å². The number of hydrogen-bond acceptors (Lipinski definition) is 1. The van der Waals surface area contributed by atoms with Crippen LogP contribution in [0.5, 0.6) is 5.88 Å². The topological polar surface area (TPSA) is 32.8 Å². The van der Waals surface area contributed by atoms with Crippen molar-refractivity contribution in [2.24, 2.45) is 0 Å². The molecular formula is C5H7BNO. The summed E-state index contributed by atoms with van der Waals surface area (Å²) in [4.78, 5) is 3.42. The van der Waals surface area contributed by atoms with Crippen LogP contribution in [0.15, 0.2) is 24.4 Å². The fraction of sp³-hybridized carbons (Fsp3) is 0. The van der Waals surface area contributed by atoms with Gasteiger partial charge in [0.05, 0.1) is 8.41 Å². The molecule has 0 atom stereocenters. The first kappa shape index (κ1) is 7.01. The Morgan fingerprint density at radius 3 is 2.38 bits per heavy atom. The van der Waals surface area contributed by atoms with Gasteiger partial charge in [-0.05, 0) is 6.07 Å². The summed E-state index contributed by atoms with van der Waals surface area (Å²) in [5.41, 5.74) is 0. The van der Waals surface area contributed by atoms with E-state index >= 15 is 0 Å². The summed E-state index contributed by atoms with van der Waals surface area (Å²) in [6.45, 7) is 0. The van der Waals surface area contributed by atoms with E-state index < -0.39 is 0 Å². The van der Waals surface area contributed by atoms with Gasteiger partial charge in [0, 0.05) is 12.3 Å². The number of aromatic nitrogens is 1. The van der Waals surface area contributed by atoms with Crippen LogP contribution in [0.2, 0.25) is 0 Å². The minimum Gasteiger partial charge on any atom is -0.267 e. The van der Waals surface area contributed by atoms with E-state index in [1.807, 2.05) is 0 Å². The highest BCUT2D eigenvalue weighted by Gasteiger charge is 1.80. The molecule has 1 aromatic heterocycles. The fourth-order valence-corrected chi connectivity index (χ4v) is 0.347. The molecule has 0 aliphatic heterocycles. The van der Waals surface area contributed by atoms with E-state index in [1.165, 1.54) is 12.3 Å². The summed E-state index contributed by atoms with van der Waals surface area (Å²) in [5, 5.41) is 10.2. The van der Waals surface area contributed by atoms with Gasteiger partial charge in [-0.3, -0.25) is 5.11 Å². The first-order valence-corrected chi connectivity index (χ1v) is 1.97. The maximum absolute atomic E-state index is 10.2. The molecule has 1 rings (SSSR count). The molecule has 0 unspecified atom stereocenters. The number of rotatable bonds is 0. The quantitative estimate of drug-likeness (QED) is 0.432. The third-order valence-electron chi connectivity index (χ3n) is 0.638. The van der Waals surface area contributed by atoms with Crippen molar-refractivity contribution < 1.29 is 5.11 Å². The minimum absolute atomic E-state index is 0. The molecule has 0 fully saturated rings. The lowest BCUT2D eigenvalue weighted by Crippen LogP contribution is -1.64. The van der Waals surface area contributed by atoms with Crippen molar-refractivity contribution in [3.05, 3.63) is 24.4 Å². The summed E-state index contributed by atoms with van der Waals surface area (Å²) in [7, 11) is 0. The zero-order valence-electron chi connectivity index (χ0n) is 3.66. The largest absolute Gasteiger partial charge is 0.269 e. The molecule has 1 heterocycles. The Morgan fingerprint density at radius 2 is 2.12 bits per heavy atom. The van der Waals surface area contributed by atoms with Crippen molar-refractivity contribution >= 4 is 8.41 Å². The second-order valence-corrected chi connectivity index (χ2v) is 1.17. The molecule has 41 valence electrons. The van der Waals surface area contributed by atoms with E-state index in [2.05, 4.69) is 4.98 Å². The van der Waals surface area contributed by atoms with Crippen LogP contribution in [-0.4, -0.2) is 13.4 Å². The molecule has 3 heteroatoms. The van der Waals surface area contributed by atoms with Gasteiger partial charge in [-0.25, -0.2) is 4.98 Å². The van der Waals surface area contributed by atoms with Crippen LogP contribution < -0.4 is 0 Å². The molecule has 0 saturated carbocycles. The number of nitrogens with zero attached hydrogens (tertiary/aromatic N) is 1. The average Bonchev–Trinajstić information content (AvgIpc) is 1.69. The third kappa shape index (κ3) is 1.64. The zero-order valence-corrected chi connectivity index (χ0v) is 3.66. The highest BCUT2D eigenvalue weighted by Crippen LogP contribution is 1.98. The van der Waals surface area contributed by atoms with E-state index in [0.717, 1.165) is 0 Å². The molecule has 1 radical (unpaired) electrons. The Hall–Kier alpha value is -0.985. The molecular weight excluding hydrogens is 101 g/mol. The zero-order chi connectivity index (χ0) is 5.11. The van der Waals surface area contributed by atoms with E-state index in [9.17, 15) is 5.11 Å². The van der Waals surface area contributed by atoms with Crippen LogP contribution in [0.25, 0.3) is 0 Å². The normalized spacial score (nSPS) is 7.50. The van der Waals surface area contributed by atoms with Gasteiger partial charge >= 0.3 is 0 Å². The molecule has 2 nitrogen and oxygen atoms in total. The molecule has 0 saturated heterocycles. The summed E-state index contributed by atoms with van der Waals surface area (Å²) in [5.74, 6) is -0.178. The molecule has 0 bridgehead atoms. The molecule has 0 aromatic carbocycles. The second-order valence-electron chi connectivity index (χ2n) is 1.17. The molecule has 0 N–H and O–H groups in total. The van der Waals surface area contributed by atoms with Gasteiger partial charge in [-0.1, -0.05) is 6.07 Å². The minimum atomic E-state index is -0.178. The second kappa shape index (κ2) is 3.07. The van der Waals surface area contributed by atoms with Crippen LogP contribution in [-0.2, 0) is 5.11 Å². The third-order valence-corrected chi connectivity index (χ3v) is 0.638. The first-order chi connectivity index (χ1) is 3.39. The average molecular weight is 108 g/mol. The van der Waals surface area contributed by atoms with Crippen molar-refractivity contribution in [3.8, 4) is 5.88 Å². The van der Waals surface area contributed by atoms with Crippen LogP contribution in [0.1, 0.15) is 0 Å². The van der Waals surface area contributed by atoms with E-state index in [4.69, 9.17) is 0 Å². The smallest absolute Gasteiger partial charge is 0.267 e. The Bertz CT molecular complexity index is 142. The van der Waals surface area contributed by atoms with Gasteiger partial charge in [0.2, 0.25) is 0 Å². The summed E-state index contributed by atoms with van der Waals surface area (Å²) in [6.07, 6.45) is 1.47. The predicted octanol–water partition coefficient (Wildman–Crippen LogP) is 0.0415. The molecule has 1 aromatic rings. The van der Waals surface area contributed by atoms with Gasteiger partial charge in [-0.2, -0.15) is 0 Å². The predicted molar refractivity (Wildman–Crippen MR) is 34.3 cm³/mol. The van der Waals surface area contributed by atoms with Gasteiger partial charge < -0.3 is 0 Å². The van der Waals surface area contributed by atoms with Gasteiger partial charge in [0.15, 0.2) is 0 Å². The Kier molecular flexibility index (Phi) is 2.70. The monoisotopic (exact) mass is 108 g/mol. The van der Waals surface area contributed by atoms with Crippen LogP contribution in [0.4, 0.5) is 0 Å². The molecule has 8 heavy (non-hydrogen) atoms. The lowest BCUT2D eigenvalue weighted by Gasteiger charge is -1.77. The van der Waals surface area contributed by atoms with Gasteiger partial charge in [0.1, 0.15) is 0 Å². The van der Waals surface area contributed by atoms with Crippen LogP contribution >= 0.6 is 0 Å². The van der Waals surface area contributed by atoms with Gasteiger partial charge in [0.25, 0.3) is 5.88 Å². The molecule has 0 amide bonds. The highest BCUT2D eigenvalue weighted by molar-refractivity contribution is 5.75. The fourth-order valence-electron chi connectivity index (χ4n) is 0.347. The SMILES string of the molecule is B.[O]c1ccccn1. The Balaban J connectivity index is 0.000000490. The first-order valence-electron chi connectivity index (χ1n) is 1.97. The van der Waals surface area contributed by atoms with Crippen molar-refractivity contribution in [2.45, 2.75) is 0 Å². The van der Waals surface area contributed by atoms with Crippen molar-refractivity contribution in [3.63, 3.8) is 0 Å². The van der Waals surface area contributed by atoms with E-state index in [1.54, 1.807) is 12.1 Å². The highest BCUT2D eigenvalue weighted by atomic mass is 16.3. The van der Waals surface area contributed by atoms with Crippen molar-refractivity contribution in [1.82, 2.24) is 4.98 Å². The molecule has 0 aliphatic rings. The molecule has 0 spiro atoms. The lowest BCUT2D eigenvalue weighted by molar-refractivity contribution is 0.337.